The van der Waals surface area contributed by atoms with Crippen molar-refractivity contribution in [1.29, 1.82) is 0 Å². The molecule has 1 aromatic carbocycles. The molecule has 0 amide bonds. The molecule has 3 heteroatoms. The summed E-state index contributed by atoms with van der Waals surface area (Å²) in [6.07, 6.45) is 3.94. The van der Waals surface area contributed by atoms with Crippen LogP contribution in [-0.2, 0) is 6.54 Å². The van der Waals surface area contributed by atoms with Crippen LogP contribution in [0, 0.1) is 5.41 Å². The van der Waals surface area contributed by atoms with Gasteiger partial charge in [-0.15, -0.1) is 0 Å². The molecule has 0 unspecified atom stereocenters. The van der Waals surface area contributed by atoms with Crippen LogP contribution in [0.25, 0.3) is 0 Å². The van der Waals surface area contributed by atoms with Gasteiger partial charge >= 0.3 is 0 Å². The fourth-order valence-corrected chi connectivity index (χ4v) is 3.24. The number of fused-ring (bicyclic) bond motifs is 1. The Morgan fingerprint density at radius 2 is 2.15 bits per heavy atom. The first kappa shape index (κ1) is 13.7. The summed E-state index contributed by atoms with van der Waals surface area (Å²) < 4.78 is 5.88. The number of hydrogen-bond donors (Lipinski definition) is 1. The zero-order valence-electron chi connectivity index (χ0n) is 12.7. The summed E-state index contributed by atoms with van der Waals surface area (Å²) in [6, 6.07) is 6.46. The molecule has 1 saturated heterocycles. The molecule has 0 radical (unpaired) electrons. The van der Waals surface area contributed by atoms with E-state index in [0.29, 0.717) is 5.41 Å². The van der Waals surface area contributed by atoms with E-state index < -0.39 is 0 Å². The summed E-state index contributed by atoms with van der Waals surface area (Å²) >= 11 is 0. The van der Waals surface area contributed by atoms with Gasteiger partial charge in [0.2, 0.25) is 0 Å². The van der Waals surface area contributed by atoms with Crippen LogP contribution in [-0.4, -0.2) is 31.1 Å². The molecule has 0 saturated carbocycles. The molecule has 1 fully saturated rings. The van der Waals surface area contributed by atoms with Crippen molar-refractivity contribution in [2.24, 2.45) is 5.41 Å². The standard InChI is InChI=1S/C17H26N2O/c1-17(2)7-4-10-19(11-8-17)13-14-5-3-6-15-16(14)20-12-9-18-15/h3,5-6,18H,4,7-13H2,1-2H3. The highest BCUT2D eigenvalue weighted by Gasteiger charge is 2.24. The van der Waals surface area contributed by atoms with Gasteiger partial charge < -0.3 is 10.1 Å². The molecule has 3 nitrogen and oxygen atoms in total. The third kappa shape index (κ3) is 3.09. The maximum Gasteiger partial charge on any atom is 0.146 e. The molecule has 0 aliphatic carbocycles. The fraction of sp³-hybridized carbons (Fsp3) is 0.647. The van der Waals surface area contributed by atoms with Crippen molar-refractivity contribution in [2.75, 3.05) is 31.6 Å². The second kappa shape index (κ2) is 5.65. The lowest BCUT2D eigenvalue weighted by Gasteiger charge is -2.26. The monoisotopic (exact) mass is 274 g/mol. The van der Waals surface area contributed by atoms with E-state index in [1.807, 2.05) is 0 Å². The molecule has 1 aromatic rings. The van der Waals surface area contributed by atoms with Crippen molar-refractivity contribution < 1.29 is 4.74 Å². The second-order valence-corrected chi connectivity index (χ2v) is 6.86. The number of ether oxygens (including phenoxy) is 1. The maximum absolute atomic E-state index is 5.88. The number of nitrogens with one attached hydrogen (secondary N) is 1. The Bertz CT molecular complexity index is 470. The molecule has 1 N–H and O–H groups in total. The summed E-state index contributed by atoms with van der Waals surface area (Å²) in [7, 11) is 0. The quantitative estimate of drug-likeness (QED) is 0.893. The highest BCUT2D eigenvalue weighted by Crippen LogP contribution is 2.34. The van der Waals surface area contributed by atoms with E-state index in [1.54, 1.807) is 0 Å². The molecule has 2 heterocycles. The third-order valence-corrected chi connectivity index (χ3v) is 4.59. The third-order valence-electron chi connectivity index (χ3n) is 4.59. The lowest BCUT2D eigenvalue weighted by molar-refractivity contribution is 0.248. The van der Waals surface area contributed by atoms with Crippen molar-refractivity contribution >= 4 is 5.69 Å². The van der Waals surface area contributed by atoms with Gasteiger partial charge in [0.05, 0.1) is 5.69 Å². The van der Waals surface area contributed by atoms with Crippen molar-refractivity contribution in [3.05, 3.63) is 23.8 Å². The SMILES string of the molecule is CC1(C)CCCN(Cc2cccc3c2OCCN3)CC1. The highest BCUT2D eigenvalue weighted by atomic mass is 16.5. The molecule has 0 atom stereocenters. The van der Waals surface area contributed by atoms with E-state index in [2.05, 4.69) is 42.3 Å². The predicted molar refractivity (Wildman–Crippen MR) is 83.3 cm³/mol. The van der Waals surface area contributed by atoms with Crippen molar-refractivity contribution in [3.63, 3.8) is 0 Å². The minimum atomic E-state index is 0.503. The van der Waals surface area contributed by atoms with Crippen LogP contribution >= 0.6 is 0 Å². The number of nitrogens with zero attached hydrogens (tertiary/aromatic N) is 1. The fourth-order valence-electron chi connectivity index (χ4n) is 3.24. The Morgan fingerprint density at radius 3 is 3.05 bits per heavy atom. The maximum atomic E-state index is 5.88. The zero-order chi connectivity index (χ0) is 14.0. The molecule has 2 aliphatic rings. The van der Waals surface area contributed by atoms with Crippen molar-refractivity contribution in [1.82, 2.24) is 4.90 Å². The van der Waals surface area contributed by atoms with E-state index in [-0.39, 0.29) is 0 Å². The van der Waals surface area contributed by atoms with Crippen LogP contribution in [0.15, 0.2) is 18.2 Å². The minimum absolute atomic E-state index is 0.503. The highest BCUT2D eigenvalue weighted by molar-refractivity contribution is 5.61. The van der Waals surface area contributed by atoms with Crippen LogP contribution in [0.2, 0.25) is 0 Å². The van der Waals surface area contributed by atoms with Gasteiger partial charge in [0, 0.05) is 18.7 Å². The Balaban J connectivity index is 1.72. The lowest BCUT2D eigenvalue weighted by Crippen LogP contribution is -2.26. The summed E-state index contributed by atoms with van der Waals surface area (Å²) in [5, 5.41) is 3.42. The number of rotatable bonds is 2. The second-order valence-electron chi connectivity index (χ2n) is 6.86. The first-order valence-corrected chi connectivity index (χ1v) is 7.85. The van der Waals surface area contributed by atoms with Crippen LogP contribution in [0.3, 0.4) is 0 Å². The van der Waals surface area contributed by atoms with Crippen LogP contribution < -0.4 is 10.1 Å². The Morgan fingerprint density at radius 1 is 1.25 bits per heavy atom. The predicted octanol–water partition coefficient (Wildman–Crippen LogP) is 3.50. The molecule has 0 spiro atoms. The Hall–Kier alpha value is -1.22. The van der Waals surface area contributed by atoms with Gasteiger partial charge in [0.1, 0.15) is 12.4 Å². The number of likely N-dealkylation sites (tertiary alicyclic amines) is 1. The molecule has 20 heavy (non-hydrogen) atoms. The van der Waals surface area contributed by atoms with E-state index in [0.717, 1.165) is 31.1 Å². The van der Waals surface area contributed by atoms with Gasteiger partial charge in [-0.1, -0.05) is 26.0 Å². The van der Waals surface area contributed by atoms with Gasteiger partial charge in [-0.05, 0) is 43.8 Å². The summed E-state index contributed by atoms with van der Waals surface area (Å²) in [6.45, 7) is 9.90. The topological polar surface area (TPSA) is 24.5 Å². The van der Waals surface area contributed by atoms with Gasteiger partial charge in [-0.25, -0.2) is 0 Å². The number of anilines is 1. The lowest BCUT2D eigenvalue weighted by atomic mass is 9.85. The van der Waals surface area contributed by atoms with Crippen LogP contribution in [0.4, 0.5) is 5.69 Å². The Kier molecular flexibility index (Phi) is 3.88. The zero-order valence-corrected chi connectivity index (χ0v) is 12.7. The number of benzene rings is 1. The summed E-state index contributed by atoms with van der Waals surface area (Å²) in [4.78, 5) is 2.59. The first-order chi connectivity index (χ1) is 9.64. The minimum Gasteiger partial charge on any atom is -0.489 e. The molecule has 0 bridgehead atoms. The average Bonchev–Trinajstić information content (AvgIpc) is 2.61. The van der Waals surface area contributed by atoms with Crippen molar-refractivity contribution in [3.8, 4) is 5.75 Å². The normalized spacial score (nSPS) is 22.3. The first-order valence-electron chi connectivity index (χ1n) is 7.85. The number of hydrogen-bond acceptors (Lipinski definition) is 3. The van der Waals surface area contributed by atoms with Gasteiger partial charge in [-0.2, -0.15) is 0 Å². The van der Waals surface area contributed by atoms with Gasteiger partial charge in [0.15, 0.2) is 0 Å². The summed E-state index contributed by atoms with van der Waals surface area (Å²) in [5.41, 5.74) is 2.99. The van der Waals surface area contributed by atoms with E-state index >= 15 is 0 Å². The molecule has 110 valence electrons. The molecular formula is C17H26N2O. The molecule has 2 aliphatic heterocycles. The van der Waals surface area contributed by atoms with Gasteiger partial charge in [-0.3, -0.25) is 4.90 Å². The van der Waals surface area contributed by atoms with E-state index in [4.69, 9.17) is 4.74 Å². The summed E-state index contributed by atoms with van der Waals surface area (Å²) in [5.74, 6) is 1.07. The molecule has 0 aromatic heterocycles. The largest absolute Gasteiger partial charge is 0.489 e. The van der Waals surface area contributed by atoms with Gasteiger partial charge in [0.25, 0.3) is 0 Å². The molecule has 3 rings (SSSR count). The molecular weight excluding hydrogens is 248 g/mol. The average molecular weight is 274 g/mol. The van der Waals surface area contributed by atoms with E-state index in [1.165, 1.54) is 37.9 Å². The van der Waals surface area contributed by atoms with E-state index in [9.17, 15) is 0 Å². The Labute approximate surface area is 122 Å². The van der Waals surface area contributed by atoms with Crippen LogP contribution in [0.5, 0.6) is 5.75 Å². The van der Waals surface area contributed by atoms with Crippen LogP contribution in [0.1, 0.15) is 38.7 Å². The van der Waals surface area contributed by atoms with Crippen molar-refractivity contribution in [2.45, 2.75) is 39.7 Å². The smallest absolute Gasteiger partial charge is 0.146 e. The number of para-hydroxylation sites is 1.